The number of hydrogen-bond acceptors (Lipinski definition) is 4. The maximum absolute atomic E-state index is 13.5. The lowest BCUT2D eigenvalue weighted by atomic mass is 10.1. The van der Waals surface area contributed by atoms with E-state index >= 15 is 0 Å². The van der Waals surface area contributed by atoms with Gasteiger partial charge in [0.25, 0.3) is 11.8 Å². The van der Waals surface area contributed by atoms with Gasteiger partial charge in [-0.2, -0.15) is 0 Å². The van der Waals surface area contributed by atoms with Crippen molar-refractivity contribution in [1.29, 1.82) is 0 Å². The fourth-order valence-corrected chi connectivity index (χ4v) is 5.27. The van der Waals surface area contributed by atoms with Gasteiger partial charge in [-0.05, 0) is 72.5 Å². The summed E-state index contributed by atoms with van der Waals surface area (Å²) in [6, 6.07) is 34.8. The van der Waals surface area contributed by atoms with E-state index < -0.39 is 22.9 Å². The average Bonchev–Trinajstić information content (AvgIpc) is 3.02. The van der Waals surface area contributed by atoms with Crippen molar-refractivity contribution in [3.8, 4) is 0 Å². The van der Waals surface area contributed by atoms with Crippen LogP contribution in [0.25, 0.3) is 16.8 Å². The first-order chi connectivity index (χ1) is 20.9. The van der Waals surface area contributed by atoms with Crippen LogP contribution in [0.5, 0.6) is 0 Å². The van der Waals surface area contributed by atoms with Crippen molar-refractivity contribution in [1.82, 2.24) is 5.32 Å². The van der Waals surface area contributed by atoms with Gasteiger partial charge in [0.15, 0.2) is 0 Å². The second kappa shape index (κ2) is 13.6. The number of halogens is 1. The molecule has 0 aromatic heterocycles. The number of nitrogens with one attached hydrogen (secondary N) is 3. The molecule has 0 aliphatic heterocycles. The van der Waals surface area contributed by atoms with E-state index in [1.54, 1.807) is 48.5 Å². The molecule has 5 rings (SSSR count). The molecule has 8 heteroatoms. The zero-order valence-electron chi connectivity index (χ0n) is 23.2. The number of fused-ring (bicyclic) bond motifs is 1. The fourth-order valence-electron chi connectivity index (χ4n) is 4.34. The molecule has 1 unspecified atom stereocenters. The number of carbonyl (C=O) groups is 3. The highest BCUT2D eigenvalue weighted by molar-refractivity contribution is 8.00. The molecule has 3 amide bonds. The first-order valence-electron chi connectivity index (χ1n) is 13.6. The van der Waals surface area contributed by atoms with Crippen LogP contribution in [0.15, 0.2) is 132 Å². The summed E-state index contributed by atoms with van der Waals surface area (Å²) < 4.78 is 13.5. The van der Waals surface area contributed by atoms with Crippen LogP contribution < -0.4 is 16.0 Å². The Labute approximate surface area is 253 Å². The lowest BCUT2D eigenvalue weighted by Crippen LogP contribution is -2.30. The molecule has 0 bridgehead atoms. The van der Waals surface area contributed by atoms with E-state index in [2.05, 4.69) is 16.0 Å². The van der Waals surface area contributed by atoms with Crippen LogP contribution in [0.2, 0.25) is 0 Å². The predicted octanol–water partition coefficient (Wildman–Crippen LogP) is 7.51. The summed E-state index contributed by atoms with van der Waals surface area (Å²) in [7, 11) is 0. The lowest BCUT2D eigenvalue weighted by molar-refractivity contribution is -0.115. The molecule has 5 aromatic carbocycles. The van der Waals surface area contributed by atoms with Crippen LogP contribution in [0.4, 0.5) is 15.8 Å². The van der Waals surface area contributed by atoms with Gasteiger partial charge in [0.1, 0.15) is 11.5 Å². The van der Waals surface area contributed by atoms with E-state index in [0.717, 1.165) is 21.4 Å². The molecule has 214 valence electrons. The van der Waals surface area contributed by atoms with Crippen molar-refractivity contribution in [3.63, 3.8) is 0 Å². The zero-order chi connectivity index (χ0) is 30.2. The number of rotatable bonds is 9. The SMILES string of the molecule is CC(Sc1cccc(NC(=O)/C(=C\c2ccc(F)cc2)NC(=O)c2ccccc2)c1)C(=O)Nc1cccc2ccccc12. The van der Waals surface area contributed by atoms with Crippen molar-refractivity contribution in [3.05, 3.63) is 144 Å². The van der Waals surface area contributed by atoms with Crippen molar-refractivity contribution < 1.29 is 18.8 Å². The summed E-state index contributed by atoms with van der Waals surface area (Å²) in [6.45, 7) is 1.82. The Hall–Kier alpha value is -5.21. The van der Waals surface area contributed by atoms with Gasteiger partial charge in [-0.1, -0.05) is 72.8 Å². The van der Waals surface area contributed by atoms with Crippen LogP contribution in [-0.2, 0) is 9.59 Å². The molecule has 0 aliphatic carbocycles. The van der Waals surface area contributed by atoms with Crippen molar-refractivity contribution >= 4 is 57.7 Å². The van der Waals surface area contributed by atoms with Gasteiger partial charge < -0.3 is 16.0 Å². The van der Waals surface area contributed by atoms with Crippen LogP contribution in [0.3, 0.4) is 0 Å². The number of amides is 3. The van der Waals surface area contributed by atoms with E-state index in [0.29, 0.717) is 16.8 Å². The normalized spacial score (nSPS) is 11.9. The Bertz CT molecular complexity index is 1800. The van der Waals surface area contributed by atoms with E-state index in [9.17, 15) is 18.8 Å². The average molecular weight is 590 g/mol. The smallest absolute Gasteiger partial charge is 0.272 e. The number of thioether (sulfide) groups is 1. The van der Waals surface area contributed by atoms with E-state index in [1.165, 1.54) is 42.1 Å². The second-order valence-corrected chi connectivity index (χ2v) is 11.1. The van der Waals surface area contributed by atoms with Gasteiger partial charge in [-0.3, -0.25) is 14.4 Å². The lowest BCUT2D eigenvalue weighted by Gasteiger charge is -2.15. The first kappa shape index (κ1) is 29.3. The Morgan fingerprint density at radius 3 is 2.26 bits per heavy atom. The number of benzene rings is 5. The summed E-state index contributed by atoms with van der Waals surface area (Å²) in [4.78, 5) is 40.1. The molecule has 0 aliphatic rings. The molecule has 5 aromatic rings. The maximum Gasteiger partial charge on any atom is 0.272 e. The molecule has 6 nitrogen and oxygen atoms in total. The van der Waals surface area contributed by atoms with Gasteiger partial charge in [0.05, 0.1) is 5.25 Å². The second-order valence-electron chi connectivity index (χ2n) is 9.69. The van der Waals surface area contributed by atoms with E-state index in [-0.39, 0.29) is 11.6 Å². The molecule has 0 spiro atoms. The third-order valence-corrected chi connectivity index (χ3v) is 7.63. The van der Waals surface area contributed by atoms with Crippen LogP contribution in [0.1, 0.15) is 22.8 Å². The Morgan fingerprint density at radius 2 is 1.47 bits per heavy atom. The molecule has 0 saturated heterocycles. The number of carbonyl (C=O) groups excluding carboxylic acids is 3. The highest BCUT2D eigenvalue weighted by Gasteiger charge is 2.18. The molecule has 0 heterocycles. The summed E-state index contributed by atoms with van der Waals surface area (Å²) in [5.41, 5.74) is 2.14. The molecular formula is C35H28FN3O3S. The van der Waals surface area contributed by atoms with Crippen molar-refractivity contribution in [2.75, 3.05) is 10.6 Å². The Kier molecular flexibility index (Phi) is 9.29. The minimum Gasteiger partial charge on any atom is -0.325 e. The number of hydrogen-bond donors (Lipinski definition) is 3. The zero-order valence-corrected chi connectivity index (χ0v) is 24.0. The molecular weight excluding hydrogens is 561 g/mol. The molecule has 1 atom stereocenters. The summed E-state index contributed by atoms with van der Waals surface area (Å²) in [5, 5.41) is 10.1. The highest BCUT2D eigenvalue weighted by atomic mass is 32.2. The van der Waals surface area contributed by atoms with E-state index in [1.807, 2.05) is 55.5 Å². The first-order valence-corrected chi connectivity index (χ1v) is 14.4. The third kappa shape index (κ3) is 7.75. The largest absolute Gasteiger partial charge is 0.325 e. The molecule has 43 heavy (non-hydrogen) atoms. The van der Waals surface area contributed by atoms with Crippen molar-refractivity contribution in [2.45, 2.75) is 17.1 Å². The molecule has 0 radical (unpaired) electrons. The quantitative estimate of drug-likeness (QED) is 0.123. The molecule has 0 saturated carbocycles. The summed E-state index contributed by atoms with van der Waals surface area (Å²) in [6.07, 6.45) is 1.48. The van der Waals surface area contributed by atoms with Crippen LogP contribution in [0, 0.1) is 5.82 Å². The summed E-state index contributed by atoms with van der Waals surface area (Å²) >= 11 is 1.35. The number of anilines is 2. The van der Waals surface area contributed by atoms with E-state index in [4.69, 9.17) is 0 Å². The standard InChI is InChI=1S/C35H28FN3O3S/c1-23(33(40)38-31-16-7-12-25-9-5-6-15-30(25)31)43-29-14-8-13-28(22-29)37-35(42)32(21-24-17-19-27(36)20-18-24)39-34(41)26-10-3-2-4-11-26/h2-23H,1H3,(H,37,42)(H,38,40)(H,39,41)/b32-21+. The minimum atomic E-state index is -0.558. The van der Waals surface area contributed by atoms with Gasteiger partial charge in [0, 0.05) is 27.2 Å². The van der Waals surface area contributed by atoms with Gasteiger partial charge in [-0.25, -0.2) is 4.39 Å². The minimum absolute atomic E-state index is 0.0126. The van der Waals surface area contributed by atoms with Crippen LogP contribution >= 0.6 is 11.8 Å². The highest BCUT2D eigenvalue weighted by Crippen LogP contribution is 2.28. The Morgan fingerprint density at radius 1 is 0.767 bits per heavy atom. The predicted molar refractivity (Wildman–Crippen MR) is 171 cm³/mol. The molecule has 0 fully saturated rings. The van der Waals surface area contributed by atoms with Crippen LogP contribution in [-0.4, -0.2) is 23.0 Å². The third-order valence-electron chi connectivity index (χ3n) is 6.53. The molecule has 3 N–H and O–H groups in total. The maximum atomic E-state index is 13.5. The Balaban J connectivity index is 1.29. The van der Waals surface area contributed by atoms with Gasteiger partial charge >= 0.3 is 0 Å². The summed E-state index contributed by atoms with van der Waals surface area (Å²) in [5.74, 6) is -1.58. The van der Waals surface area contributed by atoms with Gasteiger partial charge in [-0.15, -0.1) is 11.8 Å². The van der Waals surface area contributed by atoms with Crippen molar-refractivity contribution in [2.24, 2.45) is 0 Å². The topological polar surface area (TPSA) is 87.3 Å². The van der Waals surface area contributed by atoms with Gasteiger partial charge in [0.2, 0.25) is 5.91 Å². The monoisotopic (exact) mass is 589 g/mol. The fraction of sp³-hybridized carbons (Fsp3) is 0.0571.